The number of amides is 1. The van der Waals surface area contributed by atoms with E-state index in [0.29, 0.717) is 0 Å². The topological polar surface area (TPSA) is 32.8 Å². The van der Waals surface area contributed by atoms with Gasteiger partial charge in [-0.05, 0) is 50.5 Å². The fraction of sp³-hybridized carbons (Fsp3) is 0.562. The summed E-state index contributed by atoms with van der Waals surface area (Å²) in [5.41, 5.74) is 0.742. The van der Waals surface area contributed by atoms with E-state index in [4.69, 9.17) is 4.74 Å². The largest absolute Gasteiger partial charge is 0.497 e. The lowest BCUT2D eigenvalue weighted by molar-refractivity contribution is 0.0675. The summed E-state index contributed by atoms with van der Waals surface area (Å²) >= 11 is 1.95. The van der Waals surface area contributed by atoms with Gasteiger partial charge in [0.25, 0.3) is 5.91 Å². The van der Waals surface area contributed by atoms with Gasteiger partial charge in [0.1, 0.15) is 5.75 Å². The fourth-order valence-corrected chi connectivity index (χ4v) is 3.63. The average Bonchev–Trinajstić information content (AvgIpc) is 2.71. The number of carbonyl (C=O) groups is 1. The molecule has 1 aromatic rings. The molecule has 5 heteroatoms. The lowest BCUT2D eigenvalue weighted by atomic mass is 10.1. The first-order valence-electron chi connectivity index (χ1n) is 7.29. The van der Waals surface area contributed by atoms with Gasteiger partial charge in [-0.25, -0.2) is 0 Å². The molecule has 116 valence electrons. The van der Waals surface area contributed by atoms with Gasteiger partial charge in [0.15, 0.2) is 0 Å². The lowest BCUT2D eigenvalue weighted by Gasteiger charge is -2.31. The summed E-state index contributed by atoms with van der Waals surface area (Å²) in [6, 6.07) is 7.68. The SMILES string of the molecule is COc1ccc(C(=O)N2CCCSCC2CN(C)C)cc1. The predicted octanol–water partition coefficient (Wildman–Crippen LogP) is 2.20. The molecule has 0 aliphatic carbocycles. The molecule has 2 rings (SSSR count). The van der Waals surface area contributed by atoms with Crippen LogP contribution in [0.3, 0.4) is 0 Å². The minimum atomic E-state index is 0.131. The summed E-state index contributed by atoms with van der Waals surface area (Å²) in [4.78, 5) is 17.0. The molecular formula is C16H24N2O2S. The van der Waals surface area contributed by atoms with Crippen LogP contribution in [-0.2, 0) is 0 Å². The normalized spacial score (nSPS) is 19.4. The molecule has 1 aliphatic heterocycles. The fourth-order valence-electron chi connectivity index (χ4n) is 2.57. The van der Waals surface area contributed by atoms with Crippen molar-refractivity contribution < 1.29 is 9.53 Å². The molecule has 1 atom stereocenters. The number of carbonyl (C=O) groups excluding carboxylic acids is 1. The molecule has 1 saturated heterocycles. The summed E-state index contributed by atoms with van der Waals surface area (Å²) in [7, 11) is 5.76. The summed E-state index contributed by atoms with van der Waals surface area (Å²) in [5.74, 6) is 3.06. The van der Waals surface area contributed by atoms with Crippen molar-refractivity contribution in [3.8, 4) is 5.75 Å². The van der Waals surface area contributed by atoms with Crippen LogP contribution in [0.4, 0.5) is 0 Å². The molecule has 0 radical (unpaired) electrons. The number of thioether (sulfide) groups is 1. The summed E-state index contributed by atoms with van der Waals surface area (Å²) in [5, 5.41) is 0. The standard InChI is InChI=1S/C16H24N2O2S/c1-17(2)11-14-12-21-10-4-9-18(14)16(19)13-5-7-15(20-3)8-6-13/h5-8,14H,4,9-12H2,1-3H3. The quantitative estimate of drug-likeness (QED) is 0.854. The van der Waals surface area contributed by atoms with Gasteiger partial charge in [0.2, 0.25) is 0 Å². The van der Waals surface area contributed by atoms with Gasteiger partial charge >= 0.3 is 0 Å². The van der Waals surface area contributed by atoms with E-state index in [-0.39, 0.29) is 11.9 Å². The first kappa shape index (κ1) is 16.2. The molecule has 1 fully saturated rings. The second-order valence-corrected chi connectivity index (χ2v) is 6.72. The van der Waals surface area contributed by atoms with Gasteiger partial charge in [-0.1, -0.05) is 0 Å². The number of rotatable bonds is 4. The maximum absolute atomic E-state index is 12.8. The highest BCUT2D eigenvalue weighted by Crippen LogP contribution is 2.20. The van der Waals surface area contributed by atoms with Gasteiger partial charge in [-0.15, -0.1) is 0 Å². The van der Waals surface area contributed by atoms with Crippen molar-refractivity contribution >= 4 is 17.7 Å². The molecule has 0 bridgehead atoms. The summed E-state index contributed by atoms with van der Waals surface area (Å²) < 4.78 is 5.15. The molecular weight excluding hydrogens is 284 g/mol. The van der Waals surface area contributed by atoms with E-state index >= 15 is 0 Å². The Labute approximate surface area is 131 Å². The van der Waals surface area contributed by atoms with Crippen LogP contribution in [-0.4, -0.2) is 67.5 Å². The number of hydrogen-bond donors (Lipinski definition) is 0. The van der Waals surface area contributed by atoms with Gasteiger partial charge < -0.3 is 14.5 Å². The van der Waals surface area contributed by atoms with Crippen LogP contribution in [0.25, 0.3) is 0 Å². The molecule has 0 N–H and O–H groups in total. The highest BCUT2D eigenvalue weighted by Gasteiger charge is 2.26. The molecule has 1 amide bonds. The Hall–Kier alpha value is -1.20. The molecule has 1 unspecified atom stereocenters. The molecule has 1 aromatic carbocycles. The maximum atomic E-state index is 12.8. The monoisotopic (exact) mass is 308 g/mol. The predicted molar refractivity (Wildman–Crippen MR) is 88.3 cm³/mol. The highest BCUT2D eigenvalue weighted by atomic mass is 32.2. The van der Waals surface area contributed by atoms with Crippen LogP contribution in [0.15, 0.2) is 24.3 Å². The Morgan fingerprint density at radius 2 is 2.10 bits per heavy atom. The van der Waals surface area contributed by atoms with Crippen molar-refractivity contribution in [3.63, 3.8) is 0 Å². The zero-order valence-electron chi connectivity index (χ0n) is 13.0. The van der Waals surface area contributed by atoms with E-state index < -0.39 is 0 Å². The number of nitrogens with zero attached hydrogens (tertiary/aromatic N) is 2. The Bertz CT molecular complexity index is 462. The van der Waals surface area contributed by atoms with Crippen molar-refractivity contribution in [2.75, 3.05) is 45.8 Å². The van der Waals surface area contributed by atoms with Crippen molar-refractivity contribution in [2.24, 2.45) is 0 Å². The van der Waals surface area contributed by atoms with Crippen LogP contribution < -0.4 is 4.74 Å². The molecule has 21 heavy (non-hydrogen) atoms. The van der Waals surface area contributed by atoms with Crippen LogP contribution in [0.5, 0.6) is 5.75 Å². The van der Waals surface area contributed by atoms with E-state index in [2.05, 4.69) is 19.0 Å². The van der Waals surface area contributed by atoms with E-state index in [1.807, 2.05) is 40.9 Å². The average molecular weight is 308 g/mol. The Balaban J connectivity index is 2.15. The van der Waals surface area contributed by atoms with Gasteiger partial charge in [0.05, 0.1) is 13.2 Å². The minimum absolute atomic E-state index is 0.131. The molecule has 0 saturated carbocycles. The second-order valence-electron chi connectivity index (χ2n) is 5.57. The third-order valence-corrected chi connectivity index (χ3v) is 4.81. The van der Waals surface area contributed by atoms with Crippen molar-refractivity contribution in [3.05, 3.63) is 29.8 Å². The zero-order valence-corrected chi connectivity index (χ0v) is 13.9. The van der Waals surface area contributed by atoms with Gasteiger partial charge in [0, 0.05) is 24.4 Å². The maximum Gasteiger partial charge on any atom is 0.254 e. The highest BCUT2D eigenvalue weighted by molar-refractivity contribution is 7.99. The summed E-state index contributed by atoms with van der Waals surface area (Å²) in [6.45, 7) is 1.76. The molecule has 1 heterocycles. The smallest absolute Gasteiger partial charge is 0.254 e. The number of benzene rings is 1. The zero-order chi connectivity index (χ0) is 15.2. The second kappa shape index (κ2) is 7.71. The van der Waals surface area contributed by atoms with E-state index in [0.717, 1.165) is 42.3 Å². The van der Waals surface area contributed by atoms with E-state index in [1.165, 1.54) is 0 Å². The first-order valence-corrected chi connectivity index (χ1v) is 8.45. The van der Waals surface area contributed by atoms with E-state index in [1.54, 1.807) is 7.11 Å². The van der Waals surface area contributed by atoms with Crippen molar-refractivity contribution in [2.45, 2.75) is 12.5 Å². The van der Waals surface area contributed by atoms with Crippen LogP contribution >= 0.6 is 11.8 Å². The Kier molecular flexibility index (Phi) is 5.94. The lowest BCUT2D eigenvalue weighted by Crippen LogP contribution is -2.46. The van der Waals surface area contributed by atoms with E-state index in [9.17, 15) is 4.79 Å². The van der Waals surface area contributed by atoms with Gasteiger partial charge in [-0.2, -0.15) is 11.8 Å². The molecule has 0 spiro atoms. The van der Waals surface area contributed by atoms with Crippen molar-refractivity contribution in [1.29, 1.82) is 0 Å². The third-order valence-electron chi connectivity index (χ3n) is 3.61. The first-order chi connectivity index (χ1) is 10.1. The number of ether oxygens (including phenoxy) is 1. The minimum Gasteiger partial charge on any atom is -0.497 e. The van der Waals surface area contributed by atoms with Crippen LogP contribution in [0.1, 0.15) is 16.8 Å². The van der Waals surface area contributed by atoms with Gasteiger partial charge in [-0.3, -0.25) is 4.79 Å². The van der Waals surface area contributed by atoms with Crippen LogP contribution in [0.2, 0.25) is 0 Å². The molecule has 0 aromatic heterocycles. The Morgan fingerprint density at radius 1 is 1.38 bits per heavy atom. The number of likely N-dealkylation sites (N-methyl/N-ethyl adjacent to an activating group) is 1. The Morgan fingerprint density at radius 3 is 2.71 bits per heavy atom. The molecule has 4 nitrogen and oxygen atoms in total. The summed E-state index contributed by atoms with van der Waals surface area (Å²) in [6.07, 6.45) is 1.07. The third kappa shape index (κ3) is 4.38. The van der Waals surface area contributed by atoms with Crippen LogP contribution in [0, 0.1) is 0 Å². The number of hydrogen-bond acceptors (Lipinski definition) is 4. The van der Waals surface area contributed by atoms with Crippen molar-refractivity contribution in [1.82, 2.24) is 9.80 Å². The number of methoxy groups -OCH3 is 1. The molecule has 1 aliphatic rings.